The molecule has 12 aromatic rings. The molecule has 56 heavy (non-hydrogen) atoms. The molecule has 0 radical (unpaired) electrons. The van der Waals surface area contributed by atoms with Gasteiger partial charge in [0.2, 0.25) is 0 Å². The number of nitrogens with zero attached hydrogens (tertiary/aromatic N) is 4. The molecule has 0 N–H and O–H groups in total. The SMILES string of the molecule is c1ccc(-c2nc(-c3ccc4ccccc4c3)nc(-c3cc4ccccc4c4oc5ccc(-n6c7ccccc7c7cc8ccccc8cc76)cc5c34)n2)cc1. The highest BCUT2D eigenvalue weighted by Crippen LogP contribution is 2.43. The molecule has 3 aromatic heterocycles. The van der Waals surface area contributed by atoms with E-state index in [-0.39, 0.29) is 0 Å². The maximum atomic E-state index is 6.83. The van der Waals surface area contributed by atoms with E-state index >= 15 is 0 Å². The molecular weight excluding hydrogens is 685 g/mol. The molecule has 0 saturated heterocycles. The minimum atomic E-state index is 0.592. The molecule has 0 bridgehead atoms. The average Bonchev–Trinajstić information content (AvgIpc) is 3.81. The van der Waals surface area contributed by atoms with E-state index in [0.717, 1.165) is 71.5 Å². The fourth-order valence-corrected chi connectivity index (χ4v) is 8.52. The van der Waals surface area contributed by atoms with Crippen LogP contribution in [0.25, 0.3) is 116 Å². The van der Waals surface area contributed by atoms with Gasteiger partial charge in [-0.1, -0.05) is 133 Å². The minimum absolute atomic E-state index is 0.592. The number of aromatic nitrogens is 4. The maximum absolute atomic E-state index is 6.83. The molecule has 0 aliphatic carbocycles. The Balaban J connectivity index is 1.15. The summed E-state index contributed by atoms with van der Waals surface area (Å²) >= 11 is 0. The second-order valence-electron chi connectivity index (χ2n) is 14.4. The van der Waals surface area contributed by atoms with E-state index in [1.54, 1.807) is 0 Å². The van der Waals surface area contributed by atoms with Gasteiger partial charge in [-0.2, -0.15) is 0 Å². The van der Waals surface area contributed by atoms with Crippen LogP contribution in [0.4, 0.5) is 0 Å². The average molecular weight is 715 g/mol. The molecular formula is C51H30N4O. The number of hydrogen-bond donors (Lipinski definition) is 0. The topological polar surface area (TPSA) is 56.7 Å². The van der Waals surface area contributed by atoms with Crippen LogP contribution in [0, 0.1) is 0 Å². The molecule has 0 saturated carbocycles. The number of furan rings is 1. The molecule has 0 aliphatic heterocycles. The van der Waals surface area contributed by atoms with Gasteiger partial charge in [-0.15, -0.1) is 0 Å². The summed E-state index contributed by atoms with van der Waals surface area (Å²) in [4.78, 5) is 15.6. The highest BCUT2D eigenvalue weighted by atomic mass is 16.3. The molecule has 3 heterocycles. The zero-order valence-electron chi connectivity index (χ0n) is 30.0. The first-order chi connectivity index (χ1) is 27.7. The molecule has 0 aliphatic rings. The van der Waals surface area contributed by atoms with Crippen LogP contribution in [0.3, 0.4) is 0 Å². The lowest BCUT2D eigenvalue weighted by Gasteiger charge is -2.11. The molecule has 0 unspecified atom stereocenters. The van der Waals surface area contributed by atoms with Crippen molar-refractivity contribution >= 4 is 76.1 Å². The Morgan fingerprint density at radius 2 is 1.02 bits per heavy atom. The number of para-hydroxylation sites is 1. The van der Waals surface area contributed by atoms with Crippen molar-refractivity contribution in [3.63, 3.8) is 0 Å². The van der Waals surface area contributed by atoms with E-state index in [1.807, 2.05) is 30.3 Å². The molecule has 260 valence electrons. The summed E-state index contributed by atoms with van der Waals surface area (Å²) in [6, 6.07) is 63.9. The van der Waals surface area contributed by atoms with Gasteiger partial charge in [0, 0.05) is 49.3 Å². The predicted molar refractivity (Wildman–Crippen MR) is 230 cm³/mol. The first kappa shape index (κ1) is 30.8. The van der Waals surface area contributed by atoms with Crippen LogP contribution >= 0.6 is 0 Å². The Hall–Kier alpha value is -7.63. The van der Waals surface area contributed by atoms with Crippen molar-refractivity contribution < 1.29 is 4.42 Å². The van der Waals surface area contributed by atoms with E-state index in [9.17, 15) is 0 Å². The van der Waals surface area contributed by atoms with Gasteiger partial charge in [-0.25, -0.2) is 15.0 Å². The minimum Gasteiger partial charge on any atom is -0.455 e. The normalized spacial score (nSPS) is 11.9. The van der Waals surface area contributed by atoms with Crippen LogP contribution in [-0.2, 0) is 0 Å². The molecule has 9 aromatic carbocycles. The Bertz CT molecular complexity index is 3540. The molecule has 0 amide bonds. The summed E-state index contributed by atoms with van der Waals surface area (Å²) in [5.74, 6) is 1.83. The predicted octanol–water partition coefficient (Wildman–Crippen LogP) is 13.3. The van der Waals surface area contributed by atoms with E-state index in [4.69, 9.17) is 19.4 Å². The smallest absolute Gasteiger partial charge is 0.164 e. The van der Waals surface area contributed by atoms with Gasteiger partial charge in [0.05, 0.1) is 11.0 Å². The summed E-state index contributed by atoms with van der Waals surface area (Å²) in [6.45, 7) is 0. The van der Waals surface area contributed by atoms with Gasteiger partial charge < -0.3 is 8.98 Å². The summed E-state index contributed by atoms with van der Waals surface area (Å²) in [6.07, 6.45) is 0. The van der Waals surface area contributed by atoms with Crippen LogP contribution in [-0.4, -0.2) is 19.5 Å². The molecule has 5 heteroatoms. The van der Waals surface area contributed by atoms with Crippen LogP contribution < -0.4 is 0 Å². The monoisotopic (exact) mass is 714 g/mol. The highest BCUT2D eigenvalue weighted by Gasteiger charge is 2.22. The van der Waals surface area contributed by atoms with Gasteiger partial charge >= 0.3 is 0 Å². The van der Waals surface area contributed by atoms with Crippen LogP contribution in [0.1, 0.15) is 0 Å². The van der Waals surface area contributed by atoms with Crippen molar-refractivity contribution in [3.05, 3.63) is 182 Å². The van der Waals surface area contributed by atoms with Crippen molar-refractivity contribution in [1.82, 2.24) is 19.5 Å². The van der Waals surface area contributed by atoms with Crippen molar-refractivity contribution in [2.45, 2.75) is 0 Å². The lowest BCUT2D eigenvalue weighted by molar-refractivity contribution is 0.672. The van der Waals surface area contributed by atoms with Gasteiger partial charge in [-0.05, 0) is 75.5 Å². The largest absolute Gasteiger partial charge is 0.455 e. The van der Waals surface area contributed by atoms with Crippen LogP contribution in [0.15, 0.2) is 186 Å². The lowest BCUT2D eigenvalue weighted by Crippen LogP contribution is -2.00. The van der Waals surface area contributed by atoms with E-state index in [2.05, 4.69) is 156 Å². The number of benzene rings is 9. The van der Waals surface area contributed by atoms with Crippen LogP contribution in [0.2, 0.25) is 0 Å². The van der Waals surface area contributed by atoms with Crippen LogP contribution in [0.5, 0.6) is 0 Å². The third kappa shape index (κ3) is 4.71. The van der Waals surface area contributed by atoms with Crippen molar-refractivity contribution in [2.75, 3.05) is 0 Å². The number of hydrogen-bond acceptors (Lipinski definition) is 4. The summed E-state index contributed by atoms with van der Waals surface area (Å²) in [5, 5.41) is 11.2. The first-order valence-corrected chi connectivity index (χ1v) is 18.8. The van der Waals surface area contributed by atoms with Crippen molar-refractivity contribution in [1.29, 1.82) is 0 Å². The molecule has 0 spiro atoms. The highest BCUT2D eigenvalue weighted by molar-refractivity contribution is 6.21. The first-order valence-electron chi connectivity index (χ1n) is 18.8. The second kappa shape index (κ2) is 11.9. The Labute approximate surface area is 320 Å². The lowest BCUT2D eigenvalue weighted by atomic mass is 9.99. The zero-order chi connectivity index (χ0) is 36.7. The zero-order valence-corrected chi connectivity index (χ0v) is 30.0. The fourth-order valence-electron chi connectivity index (χ4n) is 8.52. The van der Waals surface area contributed by atoms with Gasteiger partial charge in [0.1, 0.15) is 11.2 Å². The standard InChI is InChI=1S/C51H30N4O/c1-2-13-32(14-3-1)49-52-50(37-23-22-31-12-4-5-15-33(31)26-37)54-51(53-49)43-28-36-18-8-9-19-39(36)48-47(43)42-30-38(24-25-46(42)56-48)55-44-21-11-10-20-40(44)41-27-34-16-6-7-17-35(34)29-45(41)55/h1-30H. The molecule has 0 atom stereocenters. The Kier molecular flexibility index (Phi) is 6.56. The summed E-state index contributed by atoms with van der Waals surface area (Å²) in [7, 11) is 0. The molecule has 5 nitrogen and oxygen atoms in total. The second-order valence-corrected chi connectivity index (χ2v) is 14.4. The van der Waals surface area contributed by atoms with E-state index < -0.39 is 0 Å². The summed E-state index contributed by atoms with van der Waals surface area (Å²) < 4.78 is 9.21. The maximum Gasteiger partial charge on any atom is 0.164 e. The third-order valence-electron chi connectivity index (χ3n) is 11.2. The number of rotatable bonds is 4. The third-order valence-corrected chi connectivity index (χ3v) is 11.2. The molecule has 12 rings (SSSR count). The van der Waals surface area contributed by atoms with E-state index in [1.165, 1.54) is 26.9 Å². The van der Waals surface area contributed by atoms with Gasteiger partial charge in [0.15, 0.2) is 17.5 Å². The Morgan fingerprint density at radius 3 is 1.84 bits per heavy atom. The quantitative estimate of drug-likeness (QED) is 0.182. The number of fused-ring (bicyclic) bond motifs is 10. The van der Waals surface area contributed by atoms with Crippen molar-refractivity contribution in [2.24, 2.45) is 0 Å². The Morgan fingerprint density at radius 1 is 0.375 bits per heavy atom. The molecule has 0 fully saturated rings. The van der Waals surface area contributed by atoms with Gasteiger partial charge in [0.25, 0.3) is 0 Å². The van der Waals surface area contributed by atoms with Gasteiger partial charge in [-0.3, -0.25) is 0 Å². The van der Waals surface area contributed by atoms with E-state index in [0.29, 0.717) is 17.5 Å². The summed E-state index contributed by atoms with van der Waals surface area (Å²) in [5.41, 5.74) is 7.73. The van der Waals surface area contributed by atoms with Crippen molar-refractivity contribution in [3.8, 4) is 39.9 Å². The fraction of sp³-hybridized carbons (Fsp3) is 0.